The van der Waals surface area contributed by atoms with Gasteiger partial charge in [0.2, 0.25) is 0 Å². The smallest absolute Gasteiger partial charge is 0.0482 e. The van der Waals surface area contributed by atoms with E-state index in [4.69, 9.17) is 0 Å². The first-order valence-corrected chi connectivity index (χ1v) is 11.2. The molecule has 0 saturated heterocycles. The van der Waals surface area contributed by atoms with Crippen molar-refractivity contribution in [3.05, 3.63) is 140 Å². The quantitative estimate of drug-likeness (QED) is 0.268. The maximum atomic E-state index is 2.29. The van der Waals surface area contributed by atoms with Crippen LogP contribution in [0.3, 0.4) is 0 Å². The lowest BCUT2D eigenvalue weighted by molar-refractivity contribution is 1.20. The summed E-state index contributed by atoms with van der Waals surface area (Å²) in [6.07, 6.45) is 0. The van der Waals surface area contributed by atoms with E-state index in [0.29, 0.717) is 0 Å². The van der Waals surface area contributed by atoms with Gasteiger partial charge in [0.05, 0.1) is 0 Å². The van der Waals surface area contributed by atoms with E-state index in [1.54, 1.807) is 0 Å². The fourth-order valence-electron chi connectivity index (χ4n) is 4.12. The first-order valence-electron chi connectivity index (χ1n) is 11.2. The molecule has 0 heterocycles. The Morgan fingerprint density at radius 3 is 1.39 bits per heavy atom. The van der Waals surface area contributed by atoms with Gasteiger partial charge in [-0.15, -0.1) is 0 Å². The molecule has 5 rings (SSSR count). The van der Waals surface area contributed by atoms with Crippen molar-refractivity contribution in [2.75, 3.05) is 16.8 Å². The summed E-state index contributed by atoms with van der Waals surface area (Å²) < 4.78 is 0. The summed E-state index contributed by atoms with van der Waals surface area (Å²) in [6.45, 7) is 0. The van der Waals surface area contributed by atoms with E-state index in [1.165, 1.54) is 11.1 Å². The summed E-state index contributed by atoms with van der Waals surface area (Å²) in [6, 6.07) is 48.9. The van der Waals surface area contributed by atoms with Gasteiger partial charge < -0.3 is 9.80 Å². The van der Waals surface area contributed by atoms with E-state index in [1.807, 2.05) is 0 Å². The summed E-state index contributed by atoms with van der Waals surface area (Å²) >= 11 is 0. The minimum Gasteiger partial charge on any atom is -0.345 e. The first kappa shape index (κ1) is 20.6. The average molecular weight is 427 g/mol. The standard InChI is InChI=1S/C31H26N2/c1-32(29-20-11-15-26(23-29)25-13-5-2-6-14-25)30-21-12-22-31(24-30)33(27-16-7-3-8-17-27)28-18-9-4-10-19-28/h2-24H,1H3. The van der Waals surface area contributed by atoms with Crippen molar-refractivity contribution in [1.29, 1.82) is 0 Å². The van der Waals surface area contributed by atoms with E-state index in [2.05, 4.69) is 156 Å². The van der Waals surface area contributed by atoms with Gasteiger partial charge in [-0.2, -0.15) is 0 Å². The highest BCUT2D eigenvalue weighted by atomic mass is 15.2. The molecule has 0 aliphatic rings. The second-order valence-corrected chi connectivity index (χ2v) is 8.00. The van der Waals surface area contributed by atoms with Crippen molar-refractivity contribution < 1.29 is 0 Å². The van der Waals surface area contributed by atoms with Crippen LogP contribution in [0.25, 0.3) is 11.1 Å². The third-order valence-electron chi connectivity index (χ3n) is 5.84. The lowest BCUT2D eigenvalue weighted by atomic mass is 10.0. The fourth-order valence-corrected chi connectivity index (χ4v) is 4.12. The molecule has 0 N–H and O–H groups in total. The summed E-state index contributed by atoms with van der Waals surface area (Å²) in [5.74, 6) is 0. The Hall–Kier alpha value is -4.30. The zero-order valence-electron chi connectivity index (χ0n) is 18.7. The molecule has 0 fully saturated rings. The van der Waals surface area contributed by atoms with E-state index < -0.39 is 0 Å². The van der Waals surface area contributed by atoms with Gasteiger partial charge in [-0.1, -0.05) is 84.9 Å². The van der Waals surface area contributed by atoms with Gasteiger partial charge in [0.25, 0.3) is 0 Å². The summed E-state index contributed by atoms with van der Waals surface area (Å²) in [5, 5.41) is 0. The number of nitrogens with zero attached hydrogens (tertiary/aromatic N) is 2. The van der Waals surface area contributed by atoms with Crippen molar-refractivity contribution in [1.82, 2.24) is 0 Å². The molecule has 5 aromatic rings. The lowest BCUT2D eigenvalue weighted by Crippen LogP contribution is -2.13. The number of benzene rings is 5. The molecule has 0 bridgehead atoms. The predicted octanol–water partition coefficient (Wildman–Crippen LogP) is 8.59. The molecular weight excluding hydrogens is 400 g/mol. The number of hydrogen-bond donors (Lipinski definition) is 0. The minimum absolute atomic E-state index is 1.12. The molecule has 0 atom stereocenters. The second-order valence-electron chi connectivity index (χ2n) is 8.00. The summed E-state index contributed by atoms with van der Waals surface area (Å²) in [5.41, 5.74) is 8.11. The van der Waals surface area contributed by atoms with Gasteiger partial charge in [0, 0.05) is 35.5 Å². The molecule has 0 spiro atoms. The molecule has 0 aliphatic carbocycles. The summed E-state index contributed by atoms with van der Waals surface area (Å²) in [7, 11) is 2.12. The minimum atomic E-state index is 1.12. The van der Waals surface area contributed by atoms with E-state index in [9.17, 15) is 0 Å². The second kappa shape index (κ2) is 9.46. The number of rotatable bonds is 6. The van der Waals surface area contributed by atoms with Crippen LogP contribution in [0.2, 0.25) is 0 Å². The Balaban J connectivity index is 1.52. The van der Waals surface area contributed by atoms with Gasteiger partial charge in [-0.25, -0.2) is 0 Å². The third-order valence-corrected chi connectivity index (χ3v) is 5.84. The molecule has 0 aromatic heterocycles. The fraction of sp³-hybridized carbons (Fsp3) is 0.0323. The largest absolute Gasteiger partial charge is 0.345 e. The highest BCUT2D eigenvalue weighted by Gasteiger charge is 2.14. The molecule has 0 saturated carbocycles. The first-order chi connectivity index (χ1) is 16.3. The maximum Gasteiger partial charge on any atom is 0.0482 e. The molecular formula is C31H26N2. The summed E-state index contributed by atoms with van der Waals surface area (Å²) in [4.78, 5) is 4.53. The van der Waals surface area contributed by atoms with Crippen LogP contribution in [0.5, 0.6) is 0 Å². The highest BCUT2D eigenvalue weighted by molar-refractivity contribution is 5.80. The van der Waals surface area contributed by atoms with Crippen molar-refractivity contribution in [2.24, 2.45) is 0 Å². The Labute approximate surface area is 196 Å². The van der Waals surface area contributed by atoms with Crippen LogP contribution in [-0.2, 0) is 0 Å². The third kappa shape index (κ3) is 4.51. The molecule has 0 radical (unpaired) electrons. The molecule has 0 aliphatic heterocycles. The van der Waals surface area contributed by atoms with E-state index in [0.717, 1.165) is 28.4 Å². The van der Waals surface area contributed by atoms with Crippen LogP contribution in [0.4, 0.5) is 28.4 Å². The van der Waals surface area contributed by atoms with Gasteiger partial charge in [0.1, 0.15) is 0 Å². The van der Waals surface area contributed by atoms with Crippen LogP contribution in [-0.4, -0.2) is 7.05 Å². The van der Waals surface area contributed by atoms with Crippen LogP contribution in [0, 0.1) is 0 Å². The van der Waals surface area contributed by atoms with Crippen molar-refractivity contribution in [3.63, 3.8) is 0 Å². The highest BCUT2D eigenvalue weighted by Crippen LogP contribution is 2.37. The Bertz CT molecular complexity index is 1280. The van der Waals surface area contributed by atoms with E-state index >= 15 is 0 Å². The van der Waals surface area contributed by atoms with E-state index in [-0.39, 0.29) is 0 Å². The maximum absolute atomic E-state index is 2.29. The van der Waals surface area contributed by atoms with Gasteiger partial charge in [0.15, 0.2) is 0 Å². The van der Waals surface area contributed by atoms with Crippen LogP contribution < -0.4 is 9.80 Å². The molecule has 33 heavy (non-hydrogen) atoms. The van der Waals surface area contributed by atoms with Crippen molar-refractivity contribution in [3.8, 4) is 11.1 Å². The molecule has 0 unspecified atom stereocenters. The van der Waals surface area contributed by atoms with Crippen molar-refractivity contribution in [2.45, 2.75) is 0 Å². The normalized spacial score (nSPS) is 10.6. The number of para-hydroxylation sites is 2. The lowest BCUT2D eigenvalue weighted by Gasteiger charge is -2.27. The van der Waals surface area contributed by atoms with Crippen LogP contribution in [0.15, 0.2) is 140 Å². The molecule has 160 valence electrons. The van der Waals surface area contributed by atoms with Gasteiger partial charge in [-0.3, -0.25) is 0 Å². The average Bonchev–Trinajstić information content (AvgIpc) is 2.90. The molecule has 2 nitrogen and oxygen atoms in total. The van der Waals surface area contributed by atoms with Gasteiger partial charge >= 0.3 is 0 Å². The molecule has 2 heteroatoms. The zero-order valence-corrected chi connectivity index (χ0v) is 18.7. The Kier molecular flexibility index (Phi) is 5.90. The van der Waals surface area contributed by atoms with Crippen molar-refractivity contribution >= 4 is 28.4 Å². The molecule has 0 amide bonds. The van der Waals surface area contributed by atoms with Crippen LogP contribution in [0.1, 0.15) is 0 Å². The SMILES string of the molecule is CN(c1cccc(-c2ccccc2)c1)c1cccc(N(c2ccccc2)c2ccccc2)c1. The van der Waals surface area contributed by atoms with Crippen LogP contribution >= 0.6 is 0 Å². The Morgan fingerprint density at radius 2 is 0.788 bits per heavy atom. The zero-order chi connectivity index (χ0) is 22.5. The monoisotopic (exact) mass is 426 g/mol. The van der Waals surface area contributed by atoms with Gasteiger partial charge in [-0.05, 0) is 65.7 Å². The topological polar surface area (TPSA) is 6.48 Å². The predicted molar refractivity (Wildman–Crippen MR) is 141 cm³/mol. The molecule has 5 aromatic carbocycles. The number of hydrogen-bond acceptors (Lipinski definition) is 2. The number of anilines is 5. The Morgan fingerprint density at radius 1 is 0.364 bits per heavy atom.